The highest BCUT2D eigenvalue weighted by Crippen LogP contribution is 2.30. The lowest BCUT2D eigenvalue weighted by molar-refractivity contribution is -0.136. The summed E-state index contributed by atoms with van der Waals surface area (Å²) in [4.78, 5) is 28.5. The van der Waals surface area contributed by atoms with Crippen molar-refractivity contribution in [2.75, 3.05) is 13.1 Å². The van der Waals surface area contributed by atoms with Crippen LogP contribution in [-0.4, -0.2) is 58.6 Å². The van der Waals surface area contributed by atoms with E-state index in [1.807, 2.05) is 30.6 Å². The fourth-order valence-electron chi connectivity index (χ4n) is 3.05. The third-order valence-corrected chi connectivity index (χ3v) is 4.32. The summed E-state index contributed by atoms with van der Waals surface area (Å²) in [6.45, 7) is 8.64. The maximum Gasteiger partial charge on any atom is 0.410 e. The van der Waals surface area contributed by atoms with Gasteiger partial charge in [-0.15, -0.1) is 0 Å². The van der Waals surface area contributed by atoms with Gasteiger partial charge in [0, 0.05) is 25.2 Å². The Labute approximate surface area is 139 Å². The van der Waals surface area contributed by atoms with Crippen molar-refractivity contribution in [2.24, 2.45) is 5.73 Å². The van der Waals surface area contributed by atoms with E-state index in [2.05, 4.69) is 0 Å². The van der Waals surface area contributed by atoms with Crippen molar-refractivity contribution in [3.63, 3.8) is 0 Å². The minimum absolute atomic E-state index is 0.0189. The van der Waals surface area contributed by atoms with Gasteiger partial charge < -0.3 is 20.3 Å². The van der Waals surface area contributed by atoms with E-state index in [1.54, 1.807) is 6.92 Å². The Morgan fingerprint density at radius 3 is 2.43 bits per heavy atom. The highest BCUT2D eigenvalue weighted by Gasteiger charge is 2.39. The highest BCUT2D eigenvalue weighted by molar-refractivity contribution is 5.81. The molecule has 2 rings (SSSR count). The van der Waals surface area contributed by atoms with Crippen LogP contribution in [0, 0.1) is 0 Å². The number of nitrogens with two attached hydrogens (primary N) is 1. The molecule has 2 amide bonds. The van der Waals surface area contributed by atoms with Crippen molar-refractivity contribution in [1.82, 2.24) is 9.80 Å². The van der Waals surface area contributed by atoms with Gasteiger partial charge in [0.2, 0.25) is 5.91 Å². The fourth-order valence-corrected chi connectivity index (χ4v) is 3.05. The Kier molecular flexibility index (Phi) is 5.55. The van der Waals surface area contributed by atoms with Crippen LogP contribution in [0.1, 0.15) is 59.8 Å². The topological polar surface area (TPSA) is 75.9 Å². The fraction of sp³-hybridized carbons (Fsp3) is 0.882. The van der Waals surface area contributed by atoms with Crippen molar-refractivity contribution < 1.29 is 14.3 Å². The van der Waals surface area contributed by atoms with Crippen LogP contribution in [0.5, 0.6) is 0 Å². The first-order valence-electron chi connectivity index (χ1n) is 8.74. The zero-order chi connectivity index (χ0) is 17.2. The predicted molar refractivity (Wildman–Crippen MR) is 89.0 cm³/mol. The molecule has 0 unspecified atom stereocenters. The van der Waals surface area contributed by atoms with Gasteiger partial charge in [0.1, 0.15) is 5.60 Å². The number of ether oxygens (including phenoxy) is 1. The monoisotopic (exact) mass is 325 g/mol. The summed E-state index contributed by atoms with van der Waals surface area (Å²) >= 11 is 0. The second kappa shape index (κ2) is 7.07. The molecule has 2 aliphatic rings. The molecular formula is C17H31N3O3. The third-order valence-electron chi connectivity index (χ3n) is 4.32. The van der Waals surface area contributed by atoms with Crippen LogP contribution in [0.25, 0.3) is 0 Å². The summed E-state index contributed by atoms with van der Waals surface area (Å²) in [6.07, 6.45) is 4.79. The number of nitrogens with zero attached hydrogens (tertiary/aromatic N) is 2. The standard InChI is InChI=1S/C17H31N3O3/c1-12(18)15(21)19-10-6-5-7-14(19)11-20(13-8-9-13)16(22)23-17(2,3)4/h12-14H,5-11,18H2,1-4H3/t12-,14-/m0/s1. The Morgan fingerprint density at radius 1 is 1.26 bits per heavy atom. The molecule has 0 spiro atoms. The molecule has 1 saturated heterocycles. The Morgan fingerprint density at radius 2 is 1.91 bits per heavy atom. The van der Waals surface area contributed by atoms with Crippen LogP contribution in [0.4, 0.5) is 4.79 Å². The van der Waals surface area contributed by atoms with Gasteiger partial charge in [-0.3, -0.25) is 4.79 Å². The van der Waals surface area contributed by atoms with Gasteiger partial charge in [-0.2, -0.15) is 0 Å². The van der Waals surface area contributed by atoms with Crippen LogP contribution in [-0.2, 0) is 9.53 Å². The molecule has 0 aromatic heterocycles. The number of rotatable bonds is 4. The molecule has 0 aromatic rings. The van der Waals surface area contributed by atoms with E-state index >= 15 is 0 Å². The summed E-state index contributed by atoms with van der Waals surface area (Å²) in [5.74, 6) is -0.0189. The molecule has 0 aromatic carbocycles. The lowest BCUT2D eigenvalue weighted by Gasteiger charge is -2.39. The predicted octanol–water partition coefficient (Wildman–Crippen LogP) is 2.11. The number of amides is 2. The van der Waals surface area contributed by atoms with Crippen molar-refractivity contribution in [2.45, 2.75) is 83.5 Å². The zero-order valence-corrected chi connectivity index (χ0v) is 14.9. The summed E-state index contributed by atoms with van der Waals surface area (Å²) < 4.78 is 5.54. The first-order valence-corrected chi connectivity index (χ1v) is 8.74. The van der Waals surface area contributed by atoms with Crippen LogP contribution in [0.2, 0.25) is 0 Å². The second-order valence-corrected chi connectivity index (χ2v) is 7.83. The van der Waals surface area contributed by atoms with E-state index in [0.717, 1.165) is 38.6 Å². The molecule has 6 nitrogen and oxygen atoms in total. The van der Waals surface area contributed by atoms with Gasteiger partial charge in [-0.05, 0) is 59.8 Å². The molecule has 1 aliphatic carbocycles. The smallest absolute Gasteiger partial charge is 0.410 e. The molecule has 23 heavy (non-hydrogen) atoms. The van der Waals surface area contributed by atoms with Crippen molar-refractivity contribution in [1.29, 1.82) is 0 Å². The zero-order valence-electron chi connectivity index (χ0n) is 14.9. The van der Waals surface area contributed by atoms with Gasteiger partial charge in [0.05, 0.1) is 6.04 Å². The SMILES string of the molecule is C[C@H](N)C(=O)N1CCCC[C@H]1CN(C(=O)OC(C)(C)C)C1CC1. The van der Waals surface area contributed by atoms with E-state index in [1.165, 1.54) is 0 Å². The van der Waals surface area contributed by atoms with Crippen molar-refractivity contribution in [3.05, 3.63) is 0 Å². The molecule has 2 N–H and O–H groups in total. The van der Waals surface area contributed by atoms with Gasteiger partial charge >= 0.3 is 6.09 Å². The number of carbonyl (C=O) groups excluding carboxylic acids is 2. The minimum atomic E-state index is -0.502. The van der Waals surface area contributed by atoms with Crippen LogP contribution in [0.15, 0.2) is 0 Å². The first kappa shape index (κ1) is 18.0. The van der Waals surface area contributed by atoms with Crippen LogP contribution < -0.4 is 5.73 Å². The number of likely N-dealkylation sites (tertiary alicyclic amines) is 1. The lowest BCUT2D eigenvalue weighted by Crippen LogP contribution is -2.55. The van der Waals surface area contributed by atoms with Gasteiger partial charge in [0.15, 0.2) is 0 Å². The normalized spacial score (nSPS) is 23.3. The van der Waals surface area contributed by atoms with Crippen LogP contribution in [0.3, 0.4) is 0 Å². The van der Waals surface area contributed by atoms with Gasteiger partial charge in [0.25, 0.3) is 0 Å². The number of carbonyl (C=O) groups is 2. The second-order valence-electron chi connectivity index (χ2n) is 7.83. The molecule has 0 bridgehead atoms. The van der Waals surface area contributed by atoms with E-state index in [4.69, 9.17) is 10.5 Å². The highest BCUT2D eigenvalue weighted by atomic mass is 16.6. The van der Waals surface area contributed by atoms with Gasteiger partial charge in [-0.1, -0.05) is 0 Å². The largest absolute Gasteiger partial charge is 0.444 e. The summed E-state index contributed by atoms with van der Waals surface area (Å²) in [6, 6.07) is -0.180. The maximum absolute atomic E-state index is 12.5. The average molecular weight is 325 g/mol. The van der Waals surface area contributed by atoms with Gasteiger partial charge in [-0.25, -0.2) is 4.79 Å². The number of hydrogen-bond acceptors (Lipinski definition) is 4. The molecule has 2 atom stereocenters. The lowest BCUT2D eigenvalue weighted by atomic mass is 10.0. The van der Waals surface area contributed by atoms with E-state index in [0.29, 0.717) is 6.54 Å². The maximum atomic E-state index is 12.5. The summed E-state index contributed by atoms with van der Waals surface area (Å²) in [7, 11) is 0. The molecule has 2 fully saturated rings. The average Bonchev–Trinajstić information content (AvgIpc) is 3.26. The van der Waals surface area contributed by atoms with E-state index < -0.39 is 11.6 Å². The van der Waals surface area contributed by atoms with Crippen LogP contribution >= 0.6 is 0 Å². The molecule has 6 heteroatoms. The molecule has 1 heterocycles. The quantitative estimate of drug-likeness (QED) is 0.859. The Hall–Kier alpha value is -1.30. The van der Waals surface area contributed by atoms with E-state index in [-0.39, 0.29) is 24.1 Å². The Balaban J connectivity index is 2.05. The molecule has 0 radical (unpaired) electrons. The molecule has 132 valence electrons. The Bertz CT molecular complexity index is 441. The van der Waals surface area contributed by atoms with Crippen molar-refractivity contribution in [3.8, 4) is 0 Å². The van der Waals surface area contributed by atoms with Crippen molar-refractivity contribution >= 4 is 12.0 Å². The molecular weight excluding hydrogens is 294 g/mol. The minimum Gasteiger partial charge on any atom is -0.444 e. The summed E-state index contributed by atoms with van der Waals surface area (Å²) in [5, 5.41) is 0. The van der Waals surface area contributed by atoms with E-state index in [9.17, 15) is 9.59 Å². The number of hydrogen-bond donors (Lipinski definition) is 1. The summed E-state index contributed by atoms with van der Waals surface area (Å²) in [5.41, 5.74) is 5.28. The molecule has 1 aliphatic heterocycles. The molecule has 1 saturated carbocycles. The number of piperidine rings is 1. The third kappa shape index (κ3) is 5.09. The first-order chi connectivity index (χ1) is 10.7.